The molecule has 0 fully saturated rings. The maximum Gasteiger partial charge on any atom is 0.246 e. The first kappa shape index (κ1) is 11.4. The standard InChI is InChI=1S/C7H16N2O3/c1-8-3-5-12-6-7(11)9-2-4-10/h8,10H,2-6H2,1H3,(H,9,11). The van der Waals surface area contributed by atoms with Gasteiger partial charge < -0.3 is 20.5 Å². The van der Waals surface area contributed by atoms with Crippen molar-refractivity contribution in [2.75, 3.05) is 40.0 Å². The molecule has 0 aromatic rings. The van der Waals surface area contributed by atoms with Crippen LogP contribution in [0.5, 0.6) is 0 Å². The Labute approximate surface area is 72.1 Å². The molecule has 0 heterocycles. The molecule has 0 atom stereocenters. The molecule has 0 rings (SSSR count). The highest BCUT2D eigenvalue weighted by molar-refractivity contribution is 5.77. The van der Waals surface area contributed by atoms with Gasteiger partial charge in [-0.15, -0.1) is 0 Å². The van der Waals surface area contributed by atoms with E-state index in [0.717, 1.165) is 6.54 Å². The summed E-state index contributed by atoms with van der Waals surface area (Å²) in [6, 6.07) is 0. The van der Waals surface area contributed by atoms with E-state index in [0.29, 0.717) is 6.61 Å². The highest BCUT2D eigenvalue weighted by atomic mass is 16.5. The van der Waals surface area contributed by atoms with Gasteiger partial charge in [0.2, 0.25) is 5.91 Å². The maximum atomic E-state index is 10.8. The highest BCUT2D eigenvalue weighted by Gasteiger charge is 1.98. The van der Waals surface area contributed by atoms with Crippen LogP contribution in [-0.2, 0) is 9.53 Å². The van der Waals surface area contributed by atoms with Crippen molar-refractivity contribution in [1.82, 2.24) is 10.6 Å². The van der Waals surface area contributed by atoms with Gasteiger partial charge in [0, 0.05) is 13.1 Å². The van der Waals surface area contributed by atoms with Gasteiger partial charge in [0.05, 0.1) is 13.2 Å². The average Bonchev–Trinajstić information content (AvgIpc) is 2.09. The summed E-state index contributed by atoms with van der Waals surface area (Å²) in [6.07, 6.45) is 0. The van der Waals surface area contributed by atoms with Crippen LogP contribution in [-0.4, -0.2) is 51.0 Å². The number of rotatable bonds is 7. The Hall–Kier alpha value is -0.650. The lowest BCUT2D eigenvalue weighted by Gasteiger charge is -2.03. The second-order valence-electron chi connectivity index (χ2n) is 2.23. The van der Waals surface area contributed by atoms with E-state index >= 15 is 0 Å². The third kappa shape index (κ3) is 7.46. The Kier molecular flexibility index (Phi) is 7.99. The first-order valence-electron chi connectivity index (χ1n) is 3.91. The van der Waals surface area contributed by atoms with Crippen molar-refractivity contribution in [3.05, 3.63) is 0 Å². The second kappa shape index (κ2) is 8.45. The third-order valence-corrected chi connectivity index (χ3v) is 1.16. The molecule has 0 aliphatic rings. The lowest BCUT2D eigenvalue weighted by Crippen LogP contribution is -2.30. The Morgan fingerprint density at radius 1 is 1.50 bits per heavy atom. The zero-order chi connectivity index (χ0) is 9.23. The fourth-order valence-corrected chi connectivity index (χ4v) is 0.585. The summed E-state index contributed by atoms with van der Waals surface area (Å²) < 4.78 is 4.98. The first-order chi connectivity index (χ1) is 5.81. The summed E-state index contributed by atoms with van der Waals surface area (Å²) in [5.41, 5.74) is 0. The smallest absolute Gasteiger partial charge is 0.246 e. The van der Waals surface area contributed by atoms with Crippen molar-refractivity contribution in [2.24, 2.45) is 0 Å². The van der Waals surface area contributed by atoms with E-state index in [-0.39, 0.29) is 25.7 Å². The van der Waals surface area contributed by atoms with Crippen molar-refractivity contribution in [1.29, 1.82) is 0 Å². The van der Waals surface area contributed by atoms with Gasteiger partial charge in [-0.25, -0.2) is 0 Å². The average molecular weight is 176 g/mol. The monoisotopic (exact) mass is 176 g/mol. The molecule has 0 aromatic carbocycles. The SMILES string of the molecule is CNCCOCC(=O)NCCO. The minimum atomic E-state index is -0.194. The molecule has 0 bridgehead atoms. The number of ether oxygens (including phenoxy) is 1. The molecular weight excluding hydrogens is 160 g/mol. The molecule has 72 valence electrons. The largest absolute Gasteiger partial charge is 0.395 e. The van der Waals surface area contributed by atoms with Gasteiger partial charge in [-0.1, -0.05) is 0 Å². The van der Waals surface area contributed by atoms with Crippen LogP contribution in [0, 0.1) is 0 Å². The van der Waals surface area contributed by atoms with Gasteiger partial charge in [0.1, 0.15) is 6.61 Å². The van der Waals surface area contributed by atoms with Crippen molar-refractivity contribution in [2.45, 2.75) is 0 Å². The van der Waals surface area contributed by atoms with Crippen molar-refractivity contribution in [3.63, 3.8) is 0 Å². The van der Waals surface area contributed by atoms with Gasteiger partial charge in [-0.05, 0) is 7.05 Å². The van der Waals surface area contributed by atoms with Crippen LogP contribution in [0.25, 0.3) is 0 Å². The minimum Gasteiger partial charge on any atom is -0.395 e. The van der Waals surface area contributed by atoms with E-state index in [1.165, 1.54) is 0 Å². The topological polar surface area (TPSA) is 70.6 Å². The van der Waals surface area contributed by atoms with Gasteiger partial charge >= 0.3 is 0 Å². The van der Waals surface area contributed by atoms with Crippen molar-refractivity contribution >= 4 is 5.91 Å². The zero-order valence-corrected chi connectivity index (χ0v) is 7.30. The number of likely N-dealkylation sites (N-methyl/N-ethyl adjacent to an activating group) is 1. The number of amides is 1. The fraction of sp³-hybridized carbons (Fsp3) is 0.857. The predicted octanol–water partition coefficient (Wildman–Crippen LogP) is -1.67. The van der Waals surface area contributed by atoms with E-state index in [1.54, 1.807) is 0 Å². The molecule has 0 aliphatic heterocycles. The summed E-state index contributed by atoms with van der Waals surface area (Å²) in [6.45, 7) is 1.55. The minimum absolute atomic E-state index is 0.0394. The molecule has 5 heteroatoms. The fourth-order valence-electron chi connectivity index (χ4n) is 0.585. The molecule has 0 radical (unpaired) electrons. The summed E-state index contributed by atoms with van der Waals surface area (Å²) in [7, 11) is 1.81. The number of hydrogen-bond acceptors (Lipinski definition) is 4. The van der Waals surface area contributed by atoms with Crippen LogP contribution >= 0.6 is 0 Å². The number of carbonyl (C=O) groups is 1. The van der Waals surface area contributed by atoms with Crippen LogP contribution in [0.4, 0.5) is 0 Å². The van der Waals surface area contributed by atoms with E-state index in [9.17, 15) is 4.79 Å². The van der Waals surface area contributed by atoms with E-state index < -0.39 is 0 Å². The lowest BCUT2D eigenvalue weighted by molar-refractivity contribution is -0.125. The van der Waals surface area contributed by atoms with Crippen molar-refractivity contribution < 1.29 is 14.6 Å². The van der Waals surface area contributed by atoms with Gasteiger partial charge in [-0.3, -0.25) is 4.79 Å². The Balaban J connectivity index is 3.08. The molecule has 0 saturated heterocycles. The third-order valence-electron chi connectivity index (χ3n) is 1.16. The van der Waals surface area contributed by atoms with Gasteiger partial charge in [0.25, 0.3) is 0 Å². The summed E-state index contributed by atoms with van der Waals surface area (Å²) in [5.74, 6) is -0.194. The normalized spacial score (nSPS) is 9.83. The number of nitrogens with one attached hydrogen (secondary N) is 2. The summed E-state index contributed by atoms with van der Waals surface area (Å²) >= 11 is 0. The van der Waals surface area contributed by atoms with E-state index in [1.807, 2.05) is 7.05 Å². The Morgan fingerprint density at radius 2 is 2.25 bits per heavy atom. The molecule has 0 saturated carbocycles. The van der Waals surface area contributed by atoms with E-state index in [4.69, 9.17) is 9.84 Å². The van der Waals surface area contributed by atoms with Crippen LogP contribution in [0.3, 0.4) is 0 Å². The maximum absolute atomic E-state index is 10.8. The summed E-state index contributed by atoms with van der Waals surface area (Å²) in [5, 5.41) is 13.7. The Bertz CT molecular complexity index is 119. The van der Waals surface area contributed by atoms with E-state index in [2.05, 4.69) is 10.6 Å². The molecular formula is C7H16N2O3. The number of carbonyl (C=O) groups excluding carboxylic acids is 1. The quantitative estimate of drug-likeness (QED) is 0.406. The molecule has 5 nitrogen and oxygen atoms in total. The first-order valence-corrected chi connectivity index (χ1v) is 3.91. The summed E-state index contributed by atoms with van der Waals surface area (Å²) in [4.78, 5) is 10.8. The Morgan fingerprint density at radius 3 is 2.83 bits per heavy atom. The predicted molar refractivity (Wildman–Crippen MR) is 44.8 cm³/mol. The van der Waals surface area contributed by atoms with Gasteiger partial charge in [-0.2, -0.15) is 0 Å². The molecule has 0 aliphatic carbocycles. The lowest BCUT2D eigenvalue weighted by atomic mass is 10.6. The number of hydrogen-bond donors (Lipinski definition) is 3. The zero-order valence-electron chi connectivity index (χ0n) is 7.30. The van der Waals surface area contributed by atoms with Crippen LogP contribution in [0.2, 0.25) is 0 Å². The number of aliphatic hydroxyl groups excluding tert-OH is 1. The molecule has 0 aromatic heterocycles. The molecule has 1 amide bonds. The highest BCUT2D eigenvalue weighted by Crippen LogP contribution is 1.73. The molecule has 0 unspecified atom stereocenters. The second-order valence-corrected chi connectivity index (χ2v) is 2.23. The van der Waals surface area contributed by atoms with Crippen LogP contribution < -0.4 is 10.6 Å². The molecule has 0 spiro atoms. The molecule has 12 heavy (non-hydrogen) atoms. The number of aliphatic hydroxyl groups is 1. The van der Waals surface area contributed by atoms with Crippen LogP contribution in [0.1, 0.15) is 0 Å². The van der Waals surface area contributed by atoms with Crippen molar-refractivity contribution in [3.8, 4) is 0 Å². The molecule has 3 N–H and O–H groups in total. The van der Waals surface area contributed by atoms with Gasteiger partial charge in [0.15, 0.2) is 0 Å². The van der Waals surface area contributed by atoms with Crippen LogP contribution in [0.15, 0.2) is 0 Å².